The third-order valence-electron chi connectivity index (χ3n) is 4.29. The third kappa shape index (κ3) is 3.50. The number of rotatable bonds is 5. The monoisotopic (exact) mass is 266 g/mol. The zero-order valence-corrected chi connectivity index (χ0v) is 13.3. The van der Waals surface area contributed by atoms with Gasteiger partial charge in [0, 0.05) is 0 Å². The normalized spacial score (nSPS) is 10.8. The van der Waals surface area contributed by atoms with Crippen LogP contribution in [0.5, 0.6) is 0 Å². The van der Waals surface area contributed by atoms with Crippen LogP contribution in [0.2, 0.25) is 0 Å². The zero-order chi connectivity index (χ0) is 14.5. The highest BCUT2D eigenvalue weighted by molar-refractivity contribution is 5.34. The second-order valence-corrected chi connectivity index (χ2v) is 5.73. The maximum Gasteiger partial charge on any atom is -0.0236 e. The highest BCUT2D eigenvalue weighted by Crippen LogP contribution is 2.17. The lowest BCUT2D eigenvalue weighted by molar-refractivity contribution is 0.939. The Morgan fingerprint density at radius 1 is 0.650 bits per heavy atom. The molecule has 0 aromatic heterocycles. The average Bonchev–Trinajstić information content (AvgIpc) is 2.46. The second-order valence-electron chi connectivity index (χ2n) is 5.73. The van der Waals surface area contributed by atoms with E-state index in [0.717, 1.165) is 25.7 Å². The van der Waals surface area contributed by atoms with Gasteiger partial charge in [0.1, 0.15) is 0 Å². The number of aryl methyl sites for hydroxylation is 6. The van der Waals surface area contributed by atoms with Gasteiger partial charge in [0.15, 0.2) is 0 Å². The molecular formula is C20H26. The quantitative estimate of drug-likeness (QED) is 0.696. The van der Waals surface area contributed by atoms with Crippen molar-refractivity contribution >= 4 is 0 Å². The molecule has 0 aliphatic heterocycles. The van der Waals surface area contributed by atoms with Gasteiger partial charge in [0.25, 0.3) is 0 Å². The Morgan fingerprint density at radius 2 is 1.25 bits per heavy atom. The Hall–Kier alpha value is -1.56. The minimum absolute atomic E-state index is 1.12. The smallest absolute Gasteiger partial charge is 0.0236 e. The molecule has 2 aromatic rings. The van der Waals surface area contributed by atoms with E-state index in [9.17, 15) is 0 Å². The Bertz CT molecular complexity index is 579. The molecule has 0 bridgehead atoms. The highest BCUT2D eigenvalue weighted by atomic mass is 14.1. The van der Waals surface area contributed by atoms with Crippen molar-refractivity contribution in [3.05, 3.63) is 69.8 Å². The van der Waals surface area contributed by atoms with Crippen LogP contribution in [0.4, 0.5) is 0 Å². The van der Waals surface area contributed by atoms with Gasteiger partial charge in [0.2, 0.25) is 0 Å². The molecule has 0 heterocycles. The van der Waals surface area contributed by atoms with Gasteiger partial charge in [-0.1, -0.05) is 50.2 Å². The summed E-state index contributed by atoms with van der Waals surface area (Å²) >= 11 is 0. The molecule has 0 aliphatic carbocycles. The molecule has 0 saturated heterocycles. The molecule has 20 heavy (non-hydrogen) atoms. The summed E-state index contributed by atoms with van der Waals surface area (Å²) in [5, 5.41) is 0. The molecule has 2 rings (SSSR count). The van der Waals surface area contributed by atoms with Crippen LogP contribution in [0.15, 0.2) is 36.4 Å². The van der Waals surface area contributed by atoms with Gasteiger partial charge in [-0.05, 0) is 72.9 Å². The van der Waals surface area contributed by atoms with Crippen molar-refractivity contribution in [2.45, 2.75) is 53.4 Å². The summed E-state index contributed by atoms with van der Waals surface area (Å²) in [7, 11) is 0. The van der Waals surface area contributed by atoms with E-state index >= 15 is 0 Å². The summed E-state index contributed by atoms with van der Waals surface area (Å²) in [6.45, 7) is 8.90. The van der Waals surface area contributed by atoms with Gasteiger partial charge < -0.3 is 0 Å². The number of hydrogen-bond acceptors (Lipinski definition) is 0. The predicted octanol–water partition coefficient (Wildman–Crippen LogP) is 5.21. The van der Waals surface area contributed by atoms with Crippen LogP contribution in [-0.4, -0.2) is 0 Å². The molecule has 0 atom stereocenters. The Balaban J connectivity index is 2.07. The summed E-state index contributed by atoms with van der Waals surface area (Å²) in [5.74, 6) is 0. The van der Waals surface area contributed by atoms with Crippen LogP contribution in [0.3, 0.4) is 0 Å². The van der Waals surface area contributed by atoms with Crippen molar-refractivity contribution in [1.82, 2.24) is 0 Å². The van der Waals surface area contributed by atoms with Crippen molar-refractivity contribution in [1.29, 1.82) is 0 Å². The number of hydrogen-bond donors (Lipinski definition) is 0. The molecule has 0 radical (unpaired) electrons. The lowest BCUT2D eigenvalue weighted by atomic mass is 9.96. The van der Waals surface area contributed by atoms with Crippen LogP contribution < -0.4 is 0 Å². The van der Waals surface area contributed by atoms with Crippen LogP contribution in [0.1, 0.15) is 47.2 Å². The Labute approximate surface area is 123 Å². The average molecular weight is 266 g/mol. The molecule has 106 valence electrons. The lowest BCUT2D eigenvalue weighted by Gasteiger charge is -2.10. The van der Waals surface area contributed by atoms with E-state index in [-0.39, 0.29) is 0 Å². The van der Waals surface area contributed by atoms with Crippen molar-refractivity contribution < 1.29 is 0 Å². The molecule has 0 fully saturated rings. The summed E-state index contributed by atoms with van der Waals surface area (Å²) < 4.78 is 0. The topological polar surface area (TPSA) is 0 Å². The first-order valence-corrected chi connectivity index (χ1v) is 7.80. The Kier molecular flexibility index (Phi) is 5.00. The second kappa shape index (κ2) is 6.74. The first-order chi connectivity index (χ1) is 9.63. The van der Waals surface area contributed by atoms with Crippen molar-refractivity contribution in [3.63, 3.8) is 0 Å². The summed E-state index contributed by atoms with van der Waals surface area (Å²) in [5.41, 5.74) is 8.72. The first kappa shape index (κ1) is 14.8. The van der Waals surface area contributed by atoms with E-state index in [4.69, 9.17) is 0 Å². The largest absolute Gasteiger partial charge is 0.0613 e. The van der Waals surface area contributed by atoms with E-state index in [1.165, 1.54) is 33.4 Å². The van der Waals surface area contributed by atoms with Crippen LogP contribution in [-0.2, 0) is 25.7 Å². The SMILES string of the molecule is CCc1ccc(CCc2ccc(CC)c(C)c2)c(C)c1. The van der Waals surface area contributed by atoms with Crippen LogP contribution in [0, 0.1) is 13.8 Å². The molecule has 0 saturated carbocycles. The zero-order valence-electron chi connectivity index (χ0n) is 13.3. The summed E-state index contributed by atoms with van der Waals surface area (Å²) in [6.07, 6.45) is 4.53. The molecular weight excluding hydrogens is 240 g/mol. The molecule has 0 unspecified atom stereocenters. The van der Waals surface area contributed by atoms with Gasteiger partial charge in [-0.2, -0.15) is 0 Å². The van der Waals surface area contributed by atoms with Crippen LogP contribution in [0.25, 0.3) is 0 Å². The summed E-state index contributed by atoms with van der Waals surface area (Å²) in [4.78, 5) is 0. The van der Waals surface area contributed by atoms with Crippen LogP contribution >= 0.6 is 0 Å². The highest BCUT2D eigenvalue weighted by Gasteiger charge is 2.02. The van der Waals surface area contributed by atoms with Gasteiger partial charge in [-0.3, -0.25) is 0 Å². The minimum atomic E-state index is 1.12. The van der Waals surface area contributed by atoms with E-state index in [1.54, 1.807) is 0 Å². The van der Waals surface area contributed by atoms with E-state index < -0.39 is 0 Å². The maximum atomic E-state index is 2.36. The fraction of sp³-hybridized carbons (Fsp3) is 0.400. The molecule has 0 aliphatic rings. The predicted molar refractivity (Wildman–Crippen MR) is 88.5 cm³/mol. The number of benzene rings is 2. The molecule has 2 aromatic carbocycles. The third-order valence-corrected chi connectivity index (χ3v) is 4.29. The summed E-state index contributed by atoms with van der Waals surface area (Å²) in [6, 6.07) is 13.9. The van der Waals surface area contributed by atoms with E-state index in [0.29, 0.717) is 0 Å². The molecule has 0 heteroatoms. The van der Waals surface area contributed by atoms with Gasteiger partial charge in [0.05, 0.1) is 0 Å². The van der Waals surface area contributed by atoms with E-state index in [2.05, 4.69) is 64.1 Å². The molecule has 0 spiro atoms. The van der Waals surface area contributed by atoms with Crippen molar-refractivity contribution in [3.8, 4) is 0 Å². The van der Waals surface area contributed by atoms with Gasteiger partial charge in [-0.25, -0.2) is 0 Å². The fourth-order valence-corrected chi connectivity index (χ4v) is 2.85. The fourth-order valence-electron chi connectivity index (χ4n) is 2.85. The molecule has 0 amide bonds. The standard InChI is InChI=1S/C20H26/c1-5-17-7-11-20(16(4)13-17)12-9-18-8-10-19(6-2)15(3)14-18/h7-8,10-11,13-14H,5-6,9,12H2,1-4H3. The Morgan fingerprint density at radius 3 is 1.85 bits per heavy atom. The lowest BCUT2D eigenvalue weighted by Crippen LogP contribution is -1.97. The molecule has 0 nitrogen and oxygen atoms in total. The van der Waals surface area contributed by atoms with Gasteiger partial charge >= 0.3 is 0 Å². The van der Waals surface area contributed by atoms with Gasteiger partial charge in [-0.15, -0.1) is 0 Å². The minimum Gasteiger partial charge on any atom is -0.0613 e. The van der Waals surface area contributed by atoms with E-state index in [1.807, 2.05) is 0 Å². The first-order valence-electron chi connectivity index (χ1n) is 7.80. The molecule has 0 N–H and O–H groups in total. The van der Waals surface area contributed by atoms with Crippen molar-refractivity contribution in [2.75, 3.05) is 0 Å². The maximum absolute atomic E-state index is 2.36. The van der Waals surface area contributed by atoms with Crippen molar-refractivity contribution in [2.24, 2.45) is 0 Å².